The molecule has 0 bridgehead atoms. The van der Waals surface area contributed by atoms with Gasteiger partial charge in [0.05, 0.1) is 33.4 Å². The minimum atomic E-state index is -2.67. The van der Waals surface area contributed by atoms with Crippen LogP contribution in [0, 0.1) is 0 Å². The second kappa shape index (κ2) is 15.6. The first-order valence-corrected chi connectivity index (χ1v) is 24.7. The molecule has 0 unspecified atom stereocenters. The molecule has 1 aliphatic carbocycles. The normalized spacial score (nSPS) is 13.7. The summed E-state index contributed by atoms with van der Waals surface area (Å²) in [4.78, 5) is 0. The van der Waals surface area contributed by atoms with E-state index in [9.17, 15) is 0 Å². The van der Waals surface area contributed by atoms with Crippen LogP contribution < -0.4 is 20.7 Å². The number of aromatic nitrogens is 2. The summed E-state index contributed by atoms with van der Waals surface area (Å²) in [7, 11) is -2.67. The van der Waals surface area contributed by atoms with E-state index in [1.807, 2.05) is 0 Å². The number of para-hydroxylation sites is 4. The van der Waals surface area contributed by atoms with Crippen molar-refractivity contribution in [3.63, 3.8) is 0 Å². The zero-order chi connectivity index (χ0) is 41.7. The summed E-state index contributed by atoms with van der Waals surface area (Å²) in [6.45, 7) is 0. The fourth-order valence-corrected chi connectivity index (χ4v) is 16.0. The molecular formula is C60H48N2Si. The Bertz CT molecular complexity index is 3320. The molecule has 302 valence electrons. The van der Waals surface area contributed by atoms with Crippen molar-refractivity contribution in [2.24, 2.45) is 0 Å². The van der Waals surface area contributed by atoms with E-state index in [4.69, 9.17) is 0 Å². The molecule has 0 spiro atoms. The first-order chi connectivity index (χ1) is 31.3. The lowest BCUT2D eigenvalue weighted by atomic mass is 9.84. The van der Waals surface area contributed by atoms with Crippen molar-refractivity contribution in [2.75, 3.05) is 0 Å². The summed E-state index contributed by atoms with van der Waals surface area (Å²) in [5, 5.41) is 10.7. The van der Waals surface area contributed by atoms with Gasteiger partial charge in [0.25, 0.3) is 0 Å². The summed E-state index contributed by atoms with van der Waals surface area (Å²) in [6, 6.07) is 84.4. The van der Waals surface area contributed by atoms with Crippen molar-refractivity contribution in [2.45, 2.75) is 38.0 Å². The van der Waals surface area contributed by atoms with Gasteiger partial charge in [-0.05, 0) is 87.0 Å². The molecule has 2 nitrogen and oxygen atoms in total. The van der Waals surface area contributed by atoms with Crippen molar-refractivity contribution in [1.29, 1.82) is 0 Å². The molecule has 3 heteroatoms. The van der Waals surface area contributed by atoms with Gasteiger partial charge in [-0.15, -0.1) is 0 Å². The van der Waals surface area contributed by atoms with Gasteiger partial charge >= 0.3 is 0 Å². The Balaban J connectivity index is 1.07. The molecule has 11 aromatic rings. The van der Waals surface area contributed by atoms with Gasteiger partial charge in [0.1, 0.15) is 0 Å². The number of hydrogen-bond acceptors (Lipinski definition) is 0. The van der Waals surface area contributed by atoms with E-state index in [0.717, 1.165) is 0 Å². The van der Waals surface area contributed by atoms with E-state index < -0.39 is 8.07 Å². The monoisotopic (exact) mass is 824 g/mol. The van der Waals surface area contributed by atoms with E-state index in [1.165, 1.54) is 125 Å². The van der Waals surface area contributed by atoms with Crippen LogP contribution in [0.25, 0.3) is 66.1 Å². The van der Waals surface area contributed by atoms with Gasteiger partial charge in [0.2, 0.25) is 0 Å². The van der Waals surface area contributed by atoms with Crippen LogP contribution in [0.3, 0.4) is 0 Å². The molecule has 2 aromatic heterocycles. The van der Waals surface area contributed by atoms with Crippen LogP contribution in [-0.2, 0) is 0 Å². The van der Waals surface area contributed by atoms with E-state index in [2.05, 4.69) is 234 Å². The van der Waals surface area contributed by atoms with Crippen molar-refractivity contribution in [3.8, 4) is 22.5 Å². The van der Waals surface area contributed by atoms with E-state index in [1.54, 1.807) is 0 Å². The smallest absolute Gasteiger partial charge is 0.179 e. The fraction of sp³-hybridized carbons (Fsp3) is 0.100. The number of fused-ring (bicyclic) bond motifs is 6. The molecule has 0 N–H and O–H groups in total. The first kappa shape index (κ1) is 37.5. The number of benzene rings is 9. The van der Waals surface area contributed by atoms with Crippen LogP contribution in [0.5, 0.6) is 0 Å². The molecular weight excluding hydrogens is 777 g/mol. The third-order valence-electron chi connectivity index (χ3n) is 14.1. The van der Waals surface area contributed by atoms with Gasteiger partial charge in [0, 0.05) is 27.1 Å². The minimum absolute atomic E-state index is 0.649. The summed E-state index contributed by atoms with van der Waals surface area (Å²) in [5.74, 6) is 0.649. The summed E-state index contributed by atoms with van der Waals surface area (Å²) >= 11 is 0. The predicted molar refractivity (Wildman–Crippen MR) is 270 cm³/mol. The van der Waals surface area contributed by atoms with Crippen molar-refractivity contribution >= 4 is 72.4 Å². The maximum Gasteiger partial charge on any atom is 0.179 e. The largest absolute Gasteiger partial charge is 0.307 e. The highest BCUT2D eigenvalue weighted by atomic mass is 28.3. The molecule has 12 rings (SSSR count). The zero-order valence-electron chi connectivity index (χ0n) is 35.4. The molecule has 2 heterocycles. The average molecular weight is 825 g/mol. The lowest BCUT2D eigenvalue weighted by Crippen LogP contribution is -2.74. The number of rotatable bonds is 8. The van der Waals surface area contributed by atoms with Crippen LogP contribution in [0.2, 0.25) is 0 Å². The van der Waals surface area contributed by atoms with Crippen LogP contribution in [0.4, 0.5) is 0 Å². The van der Waals surface area contributed by atoms with E-state index in [-0.39, 0.29) is 0 Å². The minimum Gasteiger partial charge on any atom is -0.307 e. The van der Waals surface area contributed by atoms with Crippen LogP contribution >= 0.6 is 0 Å². The van der Waals surface area contributed by atoms with Gasteiger partial charge in [-0.2, -0.15) is 0 Å². The molecule has 1 fully saturated rings. The first-order valence-electron chi connectivity index (χ1n) is 22.7. The highest BCUT2D eigenvalue weighted by Crippen LogP contribution is 2.42. The van der Waals surface area contributed by atoms with Crippen LogP contribution in [0.1, 0.15) is 43.6 Å². The summed E-state index contributed by atoms with van der Waals surface area (Å²) in [5.41, 5.74) is 11.2. The maximum atomic E-state index is 2.54. The molecule has 0 saturated heterocycles. The SMILES string of the molecule is c1ccc([Si](c2ccccc2)(c2ccccc2)c2ccc(-c3ccccc3-n3c4ccccc4c4cccc(-n5c6ccccc6c6cc(C7CCCCC7)ccc65)c43)cc2)cc1. The fourth-order valence-electron chi connectivity index (χ4n) is 11.2. The molecule has 9 aromatic carbocycles. The van der Waals surface area contributed by atoms with Gasteiger partial charge in [-0.3, -0.25) is 0 Å². The molecule has 1 saturated carbocycles. The van der Waals surface area contributed by atoms with Gasteiger partial charge in [0.15, 0.2) is 8.07 Å². The van der Waals surface area contributed by atoms with Crippen molar-refractivity contribution < 1.29 is 0 Å². The second-order valence-corrected chi connectivity index (χ2v) is 21.2. The Hall–Kier alpha value is -7.20. The lowest BCUT2D eigenvalue weighted by Gasteiger charge is -2.34. The van der Waals surface area contributed by atoms with Gasteiger partial charge in [-0.1, -0.05) is 207 Å². The molecule has 63 heavy (non-hydrogen) atoms. The highest BCUT2D eigenvalue weighted by Gasteiger charge is 2.41. The standard InChI is InChI=1S/C60H48N2Si/c1-5-20-43(21-6-1)45-38-41-58-54(42-45)52-30-15-17-33-56(52)61(58)59-35-19-31-53-51-29-14-18-34-57(51)62(60(53)59)55-32-16-13-28-50(55)44-36-39-49(40-37-44)63(46-22-7-2-8-23-46,47-24-9-3-10-25-47)48-26-11-4-12-27-48/h2-4,7-19,22-43H,1,5-6,20-21H2. The summed E-state index contributed by atoms with van der Waals surface area (Å²) in [6.07, 6.45) is 6.62. The zero-order valence-corrected chi connectivity index (χ0v) is 36.4. The Labute approximate surface area is 370 Å². The number of hydrogen-bond donors (Lipinski definition) is 0. The number of nitrogens with zero attached hydrogens (tertiary/aromatic N) is 2. The van der Waals surface area contributed by atoms with Crippen LogP contribution in [0.15, 0.2) is 224 Å². The Morgan fingerprint density at radius 3 is 1.49 bits per heavy atom. The molecule has 0 amide bonds. The van der Waals surface area contributed by atoms with E-state index >= 15 is 0 Å². The topological polar surface area (TPSA) is 9.86 Å². The van der Waals surface area contributed by atoms with Crippen molar-refractivity contribution in [1.82, 2.24) is 9.13 Å². The summed E-state index contributed by atoms with van der Waals surface area (Å²) < 4.78 is 5.07. The third-order valence-corrected chi connectivity index (χ3v) is 18.9. The Kier molecular flexibility index (Phi) is 9.30. The molecule has 1 aliphatic rings. The predicted octanol–water partition coefficient (Wildman–Crippen LogP) is 13.0. The third kappa shape index (κ3) is 6.06. The average Bonchev–Trinajstić information content (AvgIpc) is 3.88. The molecule has 0 radical (unpaired) electrons. The lowest BCUT2D eigenvalue weighted by molar-refractivity contribution is 0.444. The van der Waals surface area contributed by atoms with E-state index in [0.29, 0.717) is 5.92 Å². The van der Waals surface area contributed by atoms with Gasteiger partial charge in [-0.25, -0.2) is 0 Å². The maximum absolute atomic E-state index is 2.67. The van der Waals surface area contributed by atoms with Crippen LogP contribution in [-0.4, -0.2) is 17.2 Å². The second-order valence-electron chi connectivity index (χ2n) is 17.4. The Morgan fingerprint density at radius 2 is 0.841 bits per heavy atom. The molecule has 0 aliphatic heterocycles. The van der Waals surface area contributed by atoms with Gasteiger partial charge < -0.3 is 9.13 Å². The Morgan fingerprint density at radius 1 is 0.349 bits per heavy atom. The molecule has 0 atom stereocenters. The quantitative estimate of drug-likeness (QED) is 0.107. The van der Waals surface area contributed by atoms with Crippen molar-refractivity contribution in [3.05, 3.63) is 230 Å². The highest BCUT2D eigenvalue weighted by molar-refractivity contribution is 7.19.